The van der Waals surface area contributed by atoms with E-state index in [1.54, 1.807) is 48.5 Å². The smallest absolute Gasteiger partial charge is 0.144 e. The van der Waals surface area contributed by atoms with Crippen LogP contribution in [0.15, 0.2) is 48.5 Å². The molecule has 0 fully saturated rings. The first-order chi connectivity index (χ1) is 11.1. The zero-order valence-corrected chi connectivity index (χ0v) is 12.6. The Hall–Kier alpha value is -3.17. The van der Waals surface area contributed by atoms with Crippen LogP contribution < -0.4 is 0 Å². The third-order valence-corrected chi connectivity index (χ3v) is 3.40. The van der Waals surface area contributed by atoms with Crippen LogP contribution in [0.5, 0.6) is 0 Å². The van der Waals surface area contributed by atoms with Gasteiger partial charge >= 0.3 is 0 Å². The van der Waals surface area contributed by atoms with E-state index >= 15 is 0 Å². The molecule has 112 valence electrons. The number of hydrogen-bond acceptors (Lipinski definition) is 3. The summed E-state index contributed by atoms with van der Waals surface area (Å²) in [5.74, 6) is 2.28. The number of benzene rings is 2. The van der Waals surface area contributed by atoms with E-state index in [-0.39, 0.29) is 30.8 Å². The summed E-state index contributed by atoms with van der Waals surface area (Å²) < 4.78 is 0. The molecule has 0 aliphatic carbocycles. The van der Waals surface area contributed by atoms with Gasteiger partial charge in [-0.15, -0.1) is 6.42 Å². The van der Waals surface area contributed by atoms with E-state index in [2.05, 4.69) is 5.92 Å². The molecule has 0 aromatic heterocycles. The molecule has 2 aromatic carbocycles. The van der Waals surface area contributed by atoms with Crippen molar-refractivity contribution in [1.82, 2.24) is 0 Å². The van der Waals surface area contributed by atoms with Gasteiger partial charge in [-0.1, -0.05) is 30.2 Å². The highest BCUT2D eigenvalue weighted by molar-refractivity contribution is 6.00. The van der Waals surface area contributed by atoms with Crippen LogP contribution >= 0.6 is 0 Å². The summed E-state index contributed by atoms with van der Waals surface area (Å²) in [5, 5.41) is 8.73. The minimum Gasteiger partial charge on any atom is -0.299 e. The number of nitriles is 1. The second kappa shape index (κ2) is 7.73. The van der Waals surface area contributed by atoms with Crippen LogP contribution in [0.25, 0.3) is 0 Å². The summed E-state index contributed by atoms with van der Waals surface area (Å²) in [5.41, 5.74) is 2.96. The summed E-state index contributed by atoms with van der Waals surface area (Å²) in [4.78, 5) is 23.9. The molecule has 0 atom stereocenters. The number of terminal acetylenes is 1. The van der Waals surface area contributed by atoms with Crippen molar-refractivity contribution in [3.63, 3.8) is 0 Å². The molecule has 0 unspecified atom stereocenters. The van der Waals surface area contributed by atoms with Gasteiger partial charge in [-0.2, -0.15) is 5.26 Å². The first kappa shape index (κ1) is 16.2. The van der Waals surface area contributed by atoms with Gasteiger partial charge < -0.3 is 0 Å². The summed E-state index contributed by atoms with van der Waals surface area (Å²) in [6.07, 6.45) is 5.62. The molecule has 0 saturated carbocycles. The monoisotopic (exact) mass is 301 g/mol. The van der Waals surface area contributed by atoms with E-state index in [1.165, 1.54) is 0 Å². The first-order valence-electron chi connectivity index (χ1n) is 7.18. The molecular weight excluding hydrogens is 286 g/mol. The Morgan fingerprint density at radius 2 is 1.26 bits per heavy atom. The van der Waals surface area contributed by atoms with E-state index in [0.717, 1.165) is 16.7 Å². The molecule has 0 heterocycles. The third kappa shape index (κ3) is 4.95. The van der Waals surface area contributed by atoms with Crippen LogP contribution in [0.1, 0.15) is 28.7 Å². The predicted octanol–water partition coefficient (Wildman–Crippen LogP) is 2.85. The van der Waals surface area contributed by atoms with Gasteiger partial charge in [0.15, 0.2) is 0 Å². The van der Waals surface area contributed by atoms with Crippen LogP contribution in [-0.2, 0) is 22.4 Å². The van der Waals surface area contributed by atoms with Crippen LogP contribution in [0.4, 0.5) is 0 Å². The fourth-order valence-electron chi connectivity index (χ4n) is 2.22. The number of nitrogens with zero attached hydrogens (tertiary/aromatic N) is 1. The minimum absolute atomic E-state index is 0.0864. The SMILES string of the molecule is C#Cc1ccc(CC(=O)CC(=O)Cc2ccc(C#N)cc2)cc1. The first-order valence-corrected chi connectivity index (χ1v) is 7.18. The largest absolute Gasteiger partial charge is 0.299 e. The lowest BCUT2D eigenvalue weighted by Crippen LogP contribution is -2.12. The third-order valence-electron chi connectivity index (χ3n) is 3.40. The molecule has 23 heavy (non-hydrogen) atoms. The van der Waals surface area contributed by atoms with Crippen LogP contribution in [0.2, 0.25) is 0 Å². The van der Waals surface area contributed by atoms with Crippen molar-refractivity contribution in [3.05, 3.63) is 70.8 Å². The molecule has 0 bridgehead atoms. The highest BCUT2D eigenvalue weighted by Crippen LogP contribution is 2.08. The van der Waals surface area contributed by atoms with Crippen molar-refractivity contribution in [3.8, 4) is 18.4 Å². The Balaban J connectivity index is 1.87. The van der Waals surface area contributed by atoms with Gasteiger partial charge in [-0.05, 0) is 35.4 Å². The molecule has 0 radical (unpaired) electrons. The molecule has 0 aliphatic heterocycles. The summed E-state index contributed by atoms with van der Waals surface area (Å²) in [6.45, 7) is 0. The number of rotatable bonds is 6. The van der Waals surface area contributed by atoms with Crippen LogP contribution in [-0.4, -0.2) is 11.6 Å². The van der Waals surface area contributed by atoms with Crippen molar-refractivity contribution in [2.75, 3.05) is 0 Å². The van der Waals surface area contributed by atoms with E-state index < -0.39 is 0 Å². The van der Waals surface area contributed by atoms with Crippen molar-refractivity contribution >= 4 is 11.6 Å². The number of ketones is 2. The predicted molar refractivity (Wildman–Crippen MR) is 87.6 cm³/mol. The average molecular weight is 301 g/mol. The fourth-order valence-corrected chi connectivity index (χ4v) is 2.22. The van der Waals surface area contributed by atoms with Gasteiger partial charge in [0.25, 0.3) is 0 Å². The topological polar surface area (TPSA) is 57.9 Å². The molecule has 2 rings (SSSR count). The Morgan fingerprint density at radius 3 is 1.65 bits per heavy atom. The van der Waals surface area contributed by atoms with E-state index in [9.17, 15) is 9.59 Å². The number of carbonyl (C=O) groups is 2. The Bertz CT molecular complexity index is 718. The highest BCUT2D eigenvalue weighted by atomic mass is 16.1. The zero-order valence-electron chi connectivity index (χ0n) is 12.6. The second-order valence-electron chi connectivity index (χ2n) is 5.26. The Morgan fingerprint density at radius 1 is 0.826 bits per heavy atom. The summed E-state index contributed by atoms with van der Waals surface area (Å²) >= 11 is 0. The normalized spacial score (nSPS) is 9.65. The second-order valence-corrected chi connectivity index (χ2v) is 5.26. The number of carbonyl (C=O) groups excluding carboxylic acids is 2. The summed E-state index contributed by atoms with van der Waals surface area (Å²) in [7, 11) is 0. The molecule has 0 amide bonds. The van der Waals surface area contributed by atoms with Gasteiger partial charge in [0.05, 0.1) is 18.1 Å². The van der Waals surface area contributed by atoms with Gasteiger partial charge in [-0.3, -0.25) is 9.59 Å². The molecule has 3 heteroatoms. The van der Waals surface area contributed by atoms with Crippen LogP contribution in [0.3, 0.4) is 0 Å². The van der Waals surface area contributed by atoms with Crippen molar-refractivity contribution in [2.45, 2.75) is 19.3 Å². The molecule has 0 aliphatic rings. The van der Waals surface area contributed by atoms with Crippen LogP contribution in [0, 0.1) is 23.7 Å². The molecular formula is C20H15NO2. The summed E-state index contributed by atoms with van der Waals surface area (Å²) in [6, 6.07) is 16.0. The van der Waals surface area contributed by atoms with Crippen molar-refractivity contribution in [2.24, 2.45) is 0 Å². The molecule has 2 aromatic rings. The lowest BCUT2D eigenvalue weighted by Gasteiger charge is -2.03. The zero-order chi connectivity index (χ0) is 16.7. The maximum absolute atomic E-state index is 12.0. The van der Waals surface area contributed by atoms with Crippen molar-refractivity contribution < 1.29 is 9.59 Å². The molecule has 0 N–H and O–H groups in total. The highest BCUT2D eigenvalue weighted by Gasteiger charge is 2.11. The van der Waals surface area contributed by atoms with Gasteiger partial charge in [0.2, 0.25) is 0 Å². The Kier molecular flexibility index (Phi) is 5.45. The molecule has 3 nitrogen and oxygen atoms in total. The average Bonchev–Trinajstić information content (AvgIpc) is 2.56. The Labute approximate surface area is 135 Å². The molecule has 0 spiro atoms. The van der Waals surface area contributed by atoms with Gasteiger partial charge in [0, 0.05) is 18.4 Å². The fraction of sp³-hybridized carbons (Fsp3) is 0.150. The van der Waals surface area contributed by atoms with E-state index in [4.69, 9.17) is 11.7 Å². The standard InChI is InChI=1S/C20H15NO2/c1-2-15-3-5-16(6-4-15)11-19(22)13-20(23)12-17-7-9-18(14-21)10-8-17/h1,3-10H,11-13H2. The number of hydrogen-bond donors (Lipinski definition) is 0. The lowest BCUT2D eigenvalue weighted by atomic mass is 10.0. The maximum atomic E-state index is 12.0. The van der Waals surface area contributed by atoms with E-state index in [1.807, 2.05) is 6.07 Å². The maximum Gasteiger partial charge on any atom is 0.144 e. The van der Waals surface area contributed by atoms with Gasteiger partial charge in [-0.25, -0.2) is 0 Å². The van der Waals surface area contributed by atoms with E-state index in [0.29, 0.717) is 5.56 Å². The molecule has 0 saturated heterocycles. The lowest BCUT2D eigenvalue weighted by molar-refractivity contribution is -0.126. The van der Waals surface area contributed by atoms with Gasteiger partial charge in [0.1, 0.15) is 11.6 Å². The van der Waals surface area contributed by atoms with Crippen molar-refractivity contribution in [1.29, 1.82) is 5.26 Å². The number of Topliss-reactive ketones (excluding diaryl/α,β-unsaturated/α-hetero) is 2. The minimum atomic E-state index is -0.125. The quantitative estimate of drug-likeness (QED) is 0.609.